The van der Waals surface area contributed by atoms with Gasteiger partial charge < -0.3 is 15.2 Å². The molecule has 5 heteroatoms. The molecule has 0 aliphatic carbocycles. The van der Waals surface area contributed by atoms with E-state index < -0.39 is 0 Å². The molecule has 0 atom stereocenters. The summed E-state index contributed by atoms with van der Waals surface area (Å²) in [6.07, 6.45) is 0. The minimum absolute atomic E-state index is 0.243. The first-order valence-corrected chi connectivity index (χ1v) is 6.32. The van der Waals surface area contributed by atoms with E-state index in [0.29, 0.717) is 24.7 Å². The van der Waals surface area contributed by atoms with Crippen molar-refractivity contribution < 1.29 is 14.3 Å². The highest BCUT2D eigenvalue weighted by atomic mass is 16.5. The average molecular weight is 266 g/mol. The van der Waals surface area contributed by atoms with E-state index >= 15 is 0 Å². The van der Waals surface area contributed by atoms with Crippen molar-refractivity contribution in [2.45, 2.75) is 19.9 Å². The van der Waals surface area contributed by atoms with Crippen LogP contribution < -0.4 is 15.2 Å². The molecule has 0 unspecified atom stereocenters. The summed E-state index contributed by atoms with van der Waals surface area (Å²) in [5.74, 6) is 1.08. The molecule has 0 bridgehead atoms. The van der Waals surface area contributed by atoms with Gasteiger partial charge in [0.2, 0.25) is 5.91 Å². The van der Waals surface area contributed by atoms with Gasteiger partial charge in [0, 0.05) is 12.6 Å². The number of hydrogen-bond acceptors (Lipinski definition) is 4. The third-order valence-electron chi connectivity index (χ3n) is 2.79. The molecule has 0 aliphatic heterocycles. The Kier molecular flexibility index (Phi) is 6.15. The van der Waals surface area contributed by atoms with Crippen molar-refractivity contribution in [2.24, 2.45) is 5.73 Å². The lowest BCUT2D eigenvalue weighted by Crippen LogP contribution is -2.40. The molecule has 1 aromatic carbocycles. The lowest BCUT2D eigenvalue weighted by atomic mass is 10.3. The van der Waals surface area contributed by atoms with Crippen LogP contribution in [0.25, 0.3) is 0 Å². The van der Waals surface area contributed by atoms with E-state index in [4.69, 9.17) is 15.2 Å². The van der Waals surface area contributed by atoms with Crippen LogP contribution in [-0.2, 0) is 4.79 Å². The second-order valence-corrected chi connectivity index (χ2v) is 4.53. The Labute approximate surface area is 114 Å². The predicted octanol–water partition coefficient (Wildman–Crippen LogP) is 1.27. The van der Waals surface area contributed by atoms with Gasteiger partial charge in [0.1, 0.15) is 6.61 Å². The molecule has 1 rings (SSSR count). The number of hydrogen-bond donors (Lipinski definition) is 1. The summed E-state index contributed by atoms with van der Waals surface area (Å²) in [7, 11) is 1.61. The topological polar surface area (TPSA) is 64.8 Å². The number of amides is 1. The molecule has 19 heavy (non-hydrogen) atoms. The van der Waals surface area contributed by atoms with Gasteiger partial charge in [-0.25, -0.2) is 0 Å². The molecule has 0 saturated heterocycles. The first-order chi connectivity index (χ1) is 9.04. The van der Waals surface area contributed by atoms with Gasteiger partial charge in [0.15, 0.2) is 11.5 Å². The molecule has 0 spiro atoms. The summed E-state index contributed by atoms with van der Waals surface area (Å²) in [6, 6.07) is 7.72. The minimum atomic E-state index is -0.328. The number of methoxy groups -OCH3 is 1. The van der Waals surface area contributed by atoms with Crippen LogP contribution in [0.4, 0.5) is 0 Å². The zero-order valence-corrected chi connectivity index (χ0v) is 11.8. The summed E-state index contributed by atoms with van der Waals surface area (Å²) < 4.78 is 10.9. The van der Waals surface area contributed by atoms with E-state index in [0.717, 1.165) is 0 Å². The number of carbonyl (C=O) groups is 1. The van der Waals surface area contributed by atoms with E-state index in [9.17, 15) is 4.79 Å². The largest absolute Gasteiger partial charge is 0.493 e. The first-order valence-electron chi connectivity index (χ1n) is 6.32. The number of para-hydroxylation sites is 2. The van der Waals surface area contributed by atoms with Gasteiger partial charge in [-0.1, -0.05) is 12.1 Å². The van der Waals surface area contributed by atoms with Crippen LogP contribution in [0.1, 0.15) is 13.8 Å². The van der Waals surface area contributed by atoms with Gasteiger partial charge in [-0.2, -0.15) is 0 Å². The average Bonchev–Trinajstić information content (AvgIpc) is 2.37. The highest BCUT2D eigenvalue weighted by molar-refractivity contribution is 5.75. The number of ether oxygens (including phenoxy) is 2. The molecule has 0 fully saturated rings. The number of nitrogens with two attached hydrogens (primary N) is 1. The van der Waals surface area contributed by atoms with E-state index in [1.165, 1.54) is 0 Å². The van der Waals surface area contributed by atoms with E-state index in [1.807, 2.05) is 43.0 Å². The standard InChI is InChI=1S/C14H22N2O3/c1-11(2)16(10-14(15)17)8-9-19-13-7-5-4-6-12(13)18-3/h4-7,11H,8-10H2,1-3H3,(H2,15,17). The fraction of sp³-hybridized carbons (Fsp3) is 0.500. The second-order valence-electron chi connectivity index (χ2n) is 4.53. The van der Waals surface area contributed by atoms with Crippen molar-refractivity contribution >= 4 is 5.91 Å². The lowest BCUT2D eigenvalue weighted by molar-refractivity contribution is -0.119. The molecule has 0 saturated carbocycles. The molecule has 0 heterocycles. The maximum atomic E-state index is 11.0. The highest BCUT2D eigenvalue weighted by Crippen LogP contribution is 2.25. The minimum Gasteiger partial charge on any atom is -0.493 e. The van der Waals surface area contributed by atoms with Crippen molar-refractivity contribution in [3.8, 4) is 11.5 Å². The molecular formula is C14H22N2O3. The molecule has 2 N–H and O–H groups in total. The van der Waals surface area contributed by atoms with Gasteiger partial charge in [-0.05, 0) is 26.0 Å². The molecule has 1 amide bonds. The Morgan fingerprint density at radius 1 is 1.32 bits per heavy atom. The maximum absolute atomic E-state index is 11.0. The van der Waals surface area contributed by atoms with Crippen LogP contribution in [0.15, 0.2) is 24.3 Å². The fourth-order valence-corrected chi connectivity index (χ4v) is 1.73. The summed E-state index contributed by atoms with van der Waals surface area (Å²) in [5, 5.41) is 0. The number of carbonyl (C=O) groups excluding carboxylic acids is 1. The van der Waals surface area contributed by atoms with Gasteiger partial charge in [0.25, 0.3) is 0 Å². The van der Waals surface area contributed by atoms with Gasteiger partial charge in [-0.3, -0.25) is 9.69 Å². The Morgan fingerprint density at radius 2 is 1.95 bits per heavy atom. The number of rotatable bonds is 8. The smallest absolute Gasteiger partial charge is 0.231 e. The number of nitrogens with zero attached hydrogens (tertiary/aromatic N) is 1. The first kappa shape index (κ1) is 15.3. The Morgan fingerprint density at radius 3 is 2.47 bits per heavy atom. The normalized spacial score (nSPS) is 10.8. The Balaban J connectivity index is 2.49. The zero-order chi connectivity index (χ0) is 14.3. The molecule has 0 radical (unpaired) electrons. The predicted molar refractivity (Wildman–Crippen MR) is 74.4 cm³/mol. The maximum Gasteiger partial charge on any atom is 0.231 e. The monoisotopic (exact) mass is 266 g/mol. The molecule has 0 aliphatic rings. The Bertz CT molecular complexity index is 407. The summed E-state index contributed by atoms with van der Waals surface area (Å²) in [5.41, 5.74) is 5.22. The van der Waals surface area contributed by atoms with Crippen LogP contribution in [0.2, 0.25) is 0 Å². The molecule has 5 nitrogen and oxygen atoms in total. The number of benzene rings is 1. The van der Waals surface area contributed by atoms with Crippen molar-refractivity contribution in [1.82, 2.24) is 4.90 Å². The lowest BCUT2D eigenvalue weighted by Gasteiger charge is -2.24. The fourth-order valence-electron chi connectivity index (χ4n) is 1.73. The molecular weight excluding hydrogens is 244 g/mol. The van der Waals surface area contributed by atoms with Crippen molar-refractivity contribution in [2.75, 3.05) is 26.8 Å². The van der Waals surface area contributed by atoms with Crippen LogP contribution in [0, 0.1) is 0 Å². The van der Waals surface area contributed by atoms with E-state index in [-0.39, 0.29) is 18.5 Å². The van der Waals surface area contributed by atoms with Crippen molar-refractivity contribution in [3.05, 3.63) is 24.3 Å². The Hall–Kier alpha value is -1.75. The third kappa shape index (κ3) is 5.18. The van der Waals surface area contributed by atoms with Crippen LogP contribution in [0.5, 0.6) is 11.5 Å². The summed E-state index contributed by atoms with van der Waals surface area (Å²) in [6.45, 7) is 5.40. The molecule has 106 valence electrons. The van der Waals surface area contributed by atoms with Crippen LogP contribution >= 0.6 is 0 Å². The van der Waals surface area contributed by atoms with E-state index in [2.05, 4.69) is 0 Å². The second kappa shape index (κ2) is 7.63. The number of primary amides is 1. The summed E-state index contributed by atoms with van der Waals surface area (Å²) in [4.78, 5) is 12.9. The molecule has 0 aromatic heterocycles. The molecule has 1 aromatic rings. The quantitative estimate of drug-likeness (QED) is 0.769. The summed E-state index contributed by atoms with van der Waals surface area (Å²) >= 11 is 0. The van der Waals surface area contributed by atoms with Gasteiger partial charge in [-0.15, -0.1) is 0 Å². The highest BCUT2D eigenvalue weighted by Gasteiger charge is 2.12. The van der Waals surface area contributed by atoms with Crippen molar-refractivity contribution in [1.29, 1.82) is 0 Å². The van der Waals surface area contributed by atoms with E-state index in [1.54, 1.807) is 7.11 Å². The van der Waals surface area contributed by atoms with Crippen LogP contribution in [0.3, 0.4) is 0 Å². The van der Waals surface area contributed by atoms with Crippen LogP contribution in [-0.4, -0.2) is 43.7 Å². The van der Waals surface area contributed by atoms with Crippen molar-refractivity contribution in [3.63, 3.8) is 0 Å². The van der Waals surface area contributed by atoms with Gasteiger partial charge >= 0.3 is 0 Å². The zero-order valence-electron chi connectivity index (χ0n) is 11.8. The SMILES string of the molecule is COc1ccccc1OCCN(CC(N)=O)C(C)C. The third-order valence-corrected chi connectivity index (χ3v) is 2.79. The van der Waals surface area contributed by atoms with Gasteiger partial charge in [0.05, 0.1) is 13.7 Å².